The van der Waals surface area contributed by atoms with Crippen LogP contribution in [0, 0.1) is 5.92 Å². The van der Waals surface area contributed by atoms with Crippen molar-refractivity contribution in [3.63, 3.8) is 0 Å². The van der Waals surface area contributed by atoms with Gasteiger partial charge in [0.25, 0.3) is 5.56 Å². The van der Waals surface area contributed by atoms with Crippen LogP contribution in [0.5, 0.6) is 0 Å². The number of nitrogens with zero attached hydrogens (tertiary/aromatic N) is 3. The number of H-pyrrole nitrogens is 1. The molecule has 4 heterocycles. The molecule has 10 heteroatoms. The zero-order chi connectivity index (χ0) is 20.7. The van der Waals surface area contributed by atoms with Crippen molar-refractivity contribution in [2.75, 3.05) is 18.5 Å². The van der Waals surface area contributed by atoms with Crippen molar-refractivity contribution >= 4 is 49.8 Å². The van der Waals surface area contributed by atoms with Crippen LogP contribution in [0.3, 0.4) is 0 Å². The number of thiophene rings is 1. The van der Waals surface area contributed by atoms with E-state index >= 15 is 0 Å². The molecular weight excluding hydrogens is 438 g/mol. The lowest BCUT2D eigenvalue weighted by molar-refractivity contribution is 0.120. The lowest BCUT2D eigenvalue weighted by atomic mass is 9.89. The summed E-state index contributed by atoms with van der Waals surface area (Å²) in [5.74, 6) is 1.38. The van der Waals surface area contributed by atoms with E-state index < -0.39 is 0 Å². The fourth-order valence-electron chi connectivity index (χ4n) is 4.10. The van der Waals surface area contributed by atoms with Gasteiger partial charge in [-0.15, -0.1) is 21.5 Å². The van der Waals surface area contributed by atoms with E-state index in [1.165, 1.54) is 21.8 Å². The normalized spacial score (nSPS) is 22.3. The number of ether oxygens (including phenoxy) is 1. The first-order chi connectivity index (χ1) is 14.6. The Kier molecular flexibility index (Phi) is 5.83. The molecule has 3 unspecified atom stereocenters. The average molecular weight is 464 g/mol. The summed E-state index contributed by atoms with van der Waals surface area (Å²) in [7, 11) is 0. The third kappa shape index (κ3) is 4.15. The summed E-state index contributed by atoms with van der Waals surface area (Å²) < 4.78 is 6.49. The number of aromatic nitrogens is 4. The fourth-order valence-corrected chi connectivity index (χ4v) is 7.45. The third-order valence-electron chi connectivity index (χ3n) is 5.76. The Morgan fingerprint density at radius 3 is 3.07 bits per heavy atom. The van der Waals surface area contributed by atoms with Crippen LogP contribution in [-0.2, 0) is 17.6 Å². The highest BCUT2D eigenvalue weighted by molar-refractivity contribution is 8.01. The first-order valence-corrected chi connectivity index (χ1v) is 13.0. The number of hydrogen-bond donors (Lipinski definition) is 2. The van der Waals surface area contributed by atoms with Gasteiger partial charge >= 0.3 is 0 Å². The molecule has 0 bridgehead atoms. The fraction of sp³-hybridized carbons (Fsp3) is 0.600. The second kappa shape index (κ2) is 8.57. The highest BCUT2D eigenvalue weighted by Gasteiger charge is 2.24. The number of aryl methyl sites for hydroxylation is 1. The molecule has 160 valence electrons. The number of hydrogen-bond acceptors (Lipinski definition) is 9. The molecule has 0 amide bonds. The van der Waals surface area contributed by atoms with E-state index in [9.17, 15) is 4.79 Å². The van der Waals surface area contributed by atoms with Crippen LogP contribution in [0.25, 0.3) is 10.2 Å². The predicted molar refractivity (Wildman–Crippen MR) is 123 cm³/mol. The smallest absolute Gasteiger partial charge is 0.259 e. The van der Waals surface area contributed by atoms with Crippen LogP contribution >= 0.6 is 34.4 Å². The molecule has 1 aliphatic heterocycles. The van der Waals surface area contributed by atoms with Crippen molar-refractivity contribution in [3.05, 3.63) is 26.6 Å². The maximum Gasteiger partial charge on any atom is 0.259 e. The summed E-state index contributed by atoms with van der Waals surface area (Å²) in [6, 6.07) is 0. The van der Waals surface area contributed by atoms with E-state index in [0.717, 1.165) is 64.9 Å². The second-order valence-electron chi connectivity index (χ2n) is 8.13. The quantitative estimate of drug-likeness (QED) is 0.523. The summed E-state index contributed by atoms with van der Waals surface area (Å²) in [5.41, 5.74) is 1.21. The molecule has 2 aliphatic rings. The van der Waals surface area contributed by atoms with Gasteiger partial charge in [-0.05, 0) is 50.5 Å². The highest BCUT2D eigenvalue weighted by atomic mass is 32.2. The molecule has 3 atom stereocenters. The minimum absolute atomic E-state index is 0.00862. The van der Waals surface area contributed by atoms with E-state index in [-0.39, 0.29) is 16.9 Å². The average Bonchev–Trinajstić information content (AvgIpc) is 3.45. The van der Waals surface area contributed by atoms with Crippen LogP contribution in [-0.4, -0.2) is 39.4 Å². The molecule has 3 aromatic rings. The molecule has 0 saturated carbocycles. The van der Waals surface area contributed by atoms with Crippen molar-refractivity contribution in [3.8, 4) is 0 Å². The molecule has 1 aliphatic carbocycles. The van der Waals surface area contributed by atoms with Crippen molar-refractivity contribution in [1.82, 2.24) is 20.2 Å². The number of rotatable bonds is 6. The lowest BCUT2D eigenvalue weighted by Crippen LogP contribution is -2.18. The van der Waals surface area contributed by atoms with Crippen molar-refractivity contribution in [2.24, 2.45) is 5.92 Å². The van der Waals surface area contributed by atoms with Crippen molar-refractivity contribution in [2.45, 2.75) is 61.6 Å². The monoisotopic (exact) mass is 463 g/mol. The first kappa shape index (κ1) is 20.4. The van der Waals surface area contributed by atoms with Crippen LogP contribution in [0.4, 0.5) is 5.13 Å². The van der Waals surface area contributed by atoms with E-state index in [0.29, 0.717) is 11.7 Å². The molecule has 5 rings (SSSR count). The Bertz CT molecular complexity index is 1100. The van der Waals surface area contributed by atoms with Crippen LogP contribution < -0.4 is 10.9 Å². The van der Waals surface area contributed by atoms with E-state index in [1.807, 2.05) is 6.92 Å². The molecule has 7 nitrogen and oxygen atoms in total. The zero-order valence-corrected chi connectivity index (χ0v) is 19.5. The molecule has 2 N–H and O–H groups in total. The maximum atomic E-state index is 12.8. The molecule has 1 saturated heterocycles. The zero-order valence-electron chi connectivity index (χ0n) is 17.1. The number of aromatic amines is 1. The summed E-state index contributed by atoms with van der Waals surface area (Å²) in [4.78, 5) is 22.9. The van der Waals surface area contributed by atoms with Crippen LogP contribution in [0.2, 0.25) is 0 Å². The predicted octanol–water partition coefficient (Wildman–Crippen LogP) is 4.41. The molecule has 1 fully saturated rings. The Morgan fingerprint density at radius 1 is 1.33 bits per heavy atom. The molecule has 0 aromatic carbocycles. The van der Waals surface area contributed by atoms with Gasteiger partial charge in [0.05, 0.1) is 16.7 Å². The topological polar surface area (TPSA) is 92.8 Å². The minimum atomic E-state index is -0.0147. The molecule has 3 aromatic heterocycles. The van der Waals surface area contributed by atoms with Gasteiger partial charge in [0.1, 0.15) is 10.7 Å². The Hall–Kier alpha value is -1.49. The summed E-state index contributed by atoms with van der Waals surface area (Å²) in [5, 5.41) is 13.4. The van der Waals surface area contributed by atoms with E-state index in [2.05, 4.69) is 27.4 Å². The van der Waals surface area contributed by atoms with Gasteiger partial charge in [-0.25, -0.2) is 4.98 Å². The van der Waals surface area contributed by atoms with Gasteiger partial charge in [0.2, 0.25) is 5.13 Å². The summed E-state index contributed by atoms with van der Waals surface area (Å²) >= 11 is 4.79. The molecule has 0 radical (unpaired) electrons. The highest BCUT2D eigenvalue weighted by Crippen LogP contribution is 2.39. The van der Waals surface area contributed by atoms with Crippen LogP contribution in [0.15, 0.2) is 9.13 Å². The van der Waals surface area contributed by atoms with Gasteiger partial charge in [0, 0.05) is 18.0 Å². The number of anilines is 1. The van der Waals surface area contributed by atoms with Gasteiger partial charge in [-0.3, -0.25) is 4.79 Å². The SMILES string of the molecule is CC1CCc2c(sc3nc(C(C)Sc4nnc(NCC5CCCO5)s4)[nH]c(=O)c23)C1. The Balaban J connectivity index is 1.30. The first-order valence-electron chi connectivity index (χ1n) is 10.5. The standard InChI is InChI=1S/C20H25N5O2S3/c1-10-5-6-13-14(8-10)29-18-15(13)17(26)22-16(23-18)11(2)28-20-25-24-19(30-20)21-9-12-4-3-7-27-12/h10-12H,3-9H2,1-2H3,(H,21,24)(H,22,23,26). The van der Waals surface area contributed by atoms with Gasteiger partial charge < -0.3 is 15.0 Å². The Labute approximate surface area is 187 Å². The summed E-state index contributed by atoms with van der Waals surface area (Å²) in [6.45, 7) is 5.94. The largest absolute Gasteiger partial charge is 0.376 e. The van der Waals surface area contributed by atoms with Gasteiger partial charge in [0.15, 0.2) is 4.34 Å². The number of nitrogens with one attached hydrogen (secondary N) is 2. The van der Waals surface area contributed by atoms with E-state index in [1.54, 1.807) is 23.1 Å². The van der Waals surface area contributed by atoms with Crippen LogP contribution in [0.1, 0.15) is 54.6 Å². The Morgan fingerprint density at radius 2 is 2.23 bits per heavy atom. The number of fused-ring (bicyclic) bond motifs is 3. The van der Waals surface area contributed by atoms with Gasteiger partial charge in [-0.2, -0.15) is 0 Å². The lowest BCUT2D eigenvalue weighted by Gasteiger charge is -2.17. The number of thioether (sulfide) groups is 1. The maximum absolute atomic E-state index is 12.8. The molecule has 0 spiro atoms. The minimum Gasteiger partial charge on any atom is -0.376 e. The van der Waals surface area contributed by atoms with Crippen molar-refractivity contribution < 1.29 is 4.74 Å². The van der Waals surface area contributed by atoms with Crippen molar-refractivity contribution in [1.29, 1.82) is 0 Å². The molecular formula is C20H25N5O2S3. The summed E-state index contributed by atoms with van der Waals surface area (Å²) in [6.07, 6.45) is 5.68. The van der Waals surface area contributed by atoms with Gasteiger partial charge in [-0.1, -0.05) is 30.0 Å². The third-order valence-corrected chi connectivity index (χ3v) is 8.98. The van der Waals surface area contributed by atoms with E-state index in [4.69, 9.17) is 9.72 Å². The second-order valence-corrected chi connectivity index (χ2v) is 11.8. The molecule has 30 heavy (non-hydrogen) atoms.